The summed E-state index contributed by atoms with van der Waals surface area (Å²) in [6.45, 7) is 1.86. The van der Waals surface area contributed by atoms with Crippen molar-refractivity contribution in [3.05, 3.63) is 23.8 Å². The minimum atomic E-state index is -0.0242. The summed E-state index contributed by atoms with van der Waals surface area (Å²) in [5, 5.41) is 3.19. The Labute approximate surface area is 123 Å². The SMILES string of the molecule is O=C(NC1CCC12CCOCC2)c1ccc2c(c1)OCO2. The summed E-state index contributed by atoms with van der Waals surface area (Å²) < 4.78 is 16.0. The smallest absolute Gasteiger partial charge is 0.251 e. The van der Waals surface area contributed by atoms with E-state index in [9.17, 15) is 4.79 Å². The van der Waals surface area contributed by atoms with E-state index in [1.807, 2.05) is 0 Å². The predicted octanol–water partition coefficient (Wildman–Crippen LogP) is 2.10. The lowest BCUT2D eigenvalue weighted by Crippen LogP contribution is -2.57. The summed E-state index contributed by atoms with van der Waals surface area (Å²) in [6.07, 6.45) is 4.37. The van der Waals surface area contributed by atoms with Crippen molar-refractivity contribution < 1.29 is 19.0 Å². The van der Waals surface area contributed by atoms with Crippen molar-refractivity contribution in [2.45, 2.75) is 31.7 Å². The van der Waals surface area contributed by atoms with Gasteiger partial charge in [-0.1, -0.05) is 0 Å². The van der Waals surface area contributed by atoms with Gasteiger partial charge in [-0.25, -0.2) is 0 Å². The molecule has 1 N–H and O–H groups in total. The Hall–Kier alpha value is -1.75. The van der Waals surface area contributed by atoms with E-state index in [1.165, 1.54) is 6.42 Å². The van der Waals surface area contributed by atoms with Crippen molar-refractivity contribution in [1.29, 1.82) is 0 Å². The van der Waals surface area contributed by atoms with Crippen molar-refractivity contribution in [2.75, 3.05) is 20.0 Å². The van der Waals surface area contributed by atoms with Gasteiger partial charge in [-0.2, -0.15) is 0 Å². The zero-order chi connectivity index (χ0) is 14.3. The highest BCUT2D eigenvalue weighted by Gasteiger charge is 2.48. The Morgan fingerprint density at radius 3 is 2.71 bits per heavy atom. The molecule has 1 aliphatic carbocycles. The molecular formula is C16H19NO4. The summed E-state index contributed by atoms with van der Waals surface area (Å²) in [5.41, 5.74) is 0.901. The molecular weight excluding hydrogens is 270 g/mol. The number of hydrogen-bond donors (Lipinski definition) is 1. The molecule has 0 bridgehead atoms. The van der Waals surface area contributed by atoms with Gasteiger partial charge in [-0.05, 0) is 49.3 Å². The van der Waals surface area contributed by atoms with Gasteiger partial charge in [0.1, 0.15) is 0 Å². The first kappa shape index (κ1) is 13.0. The monoisotopic (exact) mass is 289 g/mol. The van der Waals surface area contributed by atoms with Crippen LogP contribution in [0.3, 0.4) is 0 Å². The van der Waals surface area contributed by atoms with Gasteiger partial charge in [0, 0.05) is 24.8 Å². The maximum Gasteiger partial charge on any atom is 0.251 e. The van der Waals surface area contributed by atoms with E-state index in [0.717, 1.165) is 32.5 Å². The number of nitrogens with one attached hydrogen (secondary N) is 1. The van der Waals surface area contributed by atoms with Crippen LogP contribution in [0.5, 0.6) is 11.5 Å². The molecule has 21 heavy (non-hydrogen) atoms. The minimum absolute atomic E-state index is 0.0242. The molecule has 5 heteroatoms. The fourth-order valence-electron chi connectivity index (χ4n) is 3.58. The van der Waals surface area contributed by atoms with Crippen molar-refractivity contribution in [1.82, 2.24) is 5.32 Å². The number of rotatable bonds is 2. The topological polar surface area (TPSA) is 56.8 Å². The summed E-state index contributed by atoms with van der Waals surface area (Å²) in [5.74, 6) is 1.33. The number of fused-ring (bicyclic) bond motifs is 1. The number of ether oxygens (including phenoxy) is 3. The van der Waals surface area contributed by atoms with Crippen LogP contribution in [0, 0.1) is 5.41 Å². The molecule has 2 aliphatic heterocycles. The summed E-state index contributed by atoms with van der Waals surface area (Å²) in [4.78, 5) is 12.4. The van der Waals surface area contributed by atoms with E-state index >= 15 is 0 Å². The Morgan fingerprint density at radius 2 is 1.95 bits per heavy atom. The summed E-state index contributed by atoms with van der Waals surface area (Å²) in [7, 11) is 0. The van der Waals surface area contributed by atoms with Crippen LogP contribution in [-0.4, -0.2) is 32.0 Å². The molecule has 1 atom stereocenters. The average Bonchev–Trinajstić information content (AvgIpc) is 2.99. The third-order valence-corrected chi connectivity index (χ3v) is 5.10. The van der Waals surface area contributed by atoms with Gasteiger partial charge in [0.2, 0.25) is 6.79 Å². The standard InChI is InChI=1S/C16H19NO4/c18-15(11-1-2-12-13(9-11)21-10-20-12)17-14-3-4-16(14)5-7-19-8-6-16/h1-2,9,14H,3-8,10H2,(H,17,18). The van der Waals surface area contributed by atoms with E-state index in [4.69, 9.17) is 14.2 Å². The van der Waals surface area contributed by atoms with Crippen LogP contribution < -0.4 is 14.8 Å². The van der Waals surface area contributed by atoms with Gasteiger partial charge >= 0.3 is 0 Å². The molecule has 112 valence electrons. The molecule has 1 saturated heterocycles. The van der Waals surface area contributed by atoms with Gasteiger partial charge in [0.25, 0.3) is 5.91 Å². The molecule has 0 aromatic heterocycles. The molecule has 1 amide bonds. The molecule has 1 unspecified atom stereocenters. The third kappa shape index (κ3) is 2.16. The Bertz CT molecular complexity index is 565. The third-order valence-electron chi connectivity index (χ3n) is 5.10. The average molecular weight is 289 g/mol. The second-order valence-electron chi connectivity index (χ2n) is 6.11. The fraction of sp³-hybridized carbons (Fsp3) is 0.562. The van der Waals surface area contributed by atoms with Crippen molar-refractivity contribution in [3.63, 3.8) is 0 Å². The quantitative estimate of drug-likeness (QED) is 0.906. The second kappa shape index (κ2) is 4.91. The Morgan fingerprint density at radius 1 is 1.14 bits per heavy atom. The number of amides is 1. The van der Waals surface area contributed by atoms with Crippen LogP contribution in [0.1, 0.15) is 36.0 Å². The summed E-state index contributed by atoms with van der Waals surface area (Å²) in [6, 6.07) is 5.62. The van der Waals surface area contributed by atoms with E-state index in [-0.39, 0.29) is 24.2 Å². The second-order valence-corrected chi connectivity index (χ2v) is 6.11. The van der Waals surface area contributed by atoms with Crippen LogP contribution >= 0.6 is 0 Å². The molecule has 2 heterocycles. The predicted molar refractivity (Wildman–Crippen MR) is 75.5 cm³/mol. The van der Waals surface area contributed by atoms with E-state index in [1.54, 1.807) is 18.2 Å². The van der Waals surface area contributed by atoms with Crippen LogP contribution in [0.4, 0.5) is 0 Å². The molecule has 0 radical (unpaired) electrons. The van der Waals surface area contributed by atoms with Gasteiger partial charge in [0.15, 0.2) is 11.5 Å². The first-order valence-corrected chi connectivity index (χ1v) is 7.55. The van der Waals surface area contributed by atoms with Gasteiger partial charge < -0.3 is 19.5 Å². The van der Waals surface area contributed by atoms with Gasteiger partial charge in [-0.15, -0.1) is 0 Å². The Balaban J connectivity index is 1.46. The number of benzene rings is 1. The zero-order valence-corrected chi connectivity index (χ0v) is 11.9. The maximum absolute atomic E-state index is 12.4. The molecule has 5 nitrogen and oxygen atoms in total. The zero-order valence-electron chi connectivity index (χ0n) is 11.9. The highest BCUT2D eigenvalue weighted by Crippen LogP contribution is 2.48. The molecule has 2 fully saturated rings. The summed E-state index contributed by atoms with van der Waals surface area (Å²) >= 11 is 0. The molecule has 1 aromatic rings. The van der Waals surface area contributed by atoms with Crippen molar-refractivity contribution in [3.8, 4) is 11.5 Å². The van der Waals surface area contributed by atoms with Crippen molar-refractivity contribution in [2.24, 2.45) is 5.41 Å². The lowest BCUT2D eigenvalue weighted by atomic mass is 9.60. The molecule has 4 rings (SSSR count). The lowest BCUT2D eigenvalue weighted by molar-refractivity contribution is -0.0523. The normalized spacial score (nSPS) is 25.4. The molecule has 1 spiro atoms. The fourth-order valence-corrected chi connectivity index (χ4v) is 3.58. The molecule has 1 aromatic carbocycles. The van der Waals surface area contributed by atoms with E-state index in [0.29, 0.717) is 17.1 Å². The van der Waals surface area contributed by atoms with Crippen LogP contribution in [0.2, 0.25) is 0 Å². The van der Waals surface area contributed by atoms with Crippen LogP contribution in [-0.2, 0) is 4.74 Å². The molecule has 1 saturated carbocycles. The Kier molecular flexibility index (Phi) is 3.03. The largest absolute Gasteiger partial charge is 0.454 e. The number of hydrogen-bond acceptors (Lipinski definition) is 4. The van der Waals surface area contributed by atoms with Gasteiger partial charge in [-0.3, -0.25) is 4.79 Å². The highest BCUT2D eigenvalue weighted by molar-refractivity contribution is 5.95. The number of carbonyl (C=O) groups excluding carboxylic acids is 1. The number of carbonyl (C=O) groups is 1. The first-order valence-electron chi connectivity index (χ1n) is 7.55. The van der Waals surface area contributed by atoms with Gasteiger partial charge in [0.05, 0.1) is 0 Å². The van der Waals surface area contributed by atoms with Crippen molar-refractivity contribution >= 4 is 5.91 Å². The first-order chi connectivity index (χ1) is 10.3. The highest BCUT2D eigenvalue weighted by atomic mass is 16.7. The van der Waals surface area contributed by atoms with E-state index in [2.05, 4.69) is 5.32 Å². The maximum atomic E-state index is 12.4. The molecule has 3 aliphatic rings. The lowest BCUT2D eigenvalue weighted by Gasteiger charge is -2.52. The van der Waals surface area contributed by atoms with Crippen LogP contribution in [0.15, 0.2) is 18.2 Å². The minimum Gasteiger partial charge on any atom is -0.454 e. The van der Waals surface area contributed by atoms with E-state index < -0.39 is 0 Å². The van der Waals surface area contributed by atoms with Crippen LogP contribution in [0.25, 0.3) is 0 Å².